The molecule has 1 N–H and O–H groups in total. The van der Waals surface area contributed by atoms with Crippen LogP contribution >= 0.6 is 11.6 Å². The molecule has 3 aliphatic rings. The molecule has 0 saturated carbocycles. The second kappa shape index (κ2) is 6.80. The minimum atomic E-state index is -4.93. The second-order valence-electron chi connectivity index (χ2n) is 8.02. The van der Waals surface area contributed by atoms with Crippen molar-refractivity contribution in [3.63, 3.8) is 0 Å². The monoisotopic (exact) mass is 447 g/mol. The van der Waals surface area contributed by atoms with E-state index in [1.54, 1.807) is 26.0 Å². The van der Waals surface area contributed by atoms with Crippen LogP contribution in [-0.4, -0.2) is 29.6 Å². The fourth-order valence-electron chi connectivity index (χ4n) is 4.06. The van der Waals surface area contributed by atoms with Gasteiger partial charge < -0.3 is 14.5 Å². The first-order valence-electron chi connectivity index (χ1n) is 9.10. The van der Waals surface area contributed by atoms with Crippen molar-refractivity contribution in [2.75, 3.05) is 0 Å². The summed E-state index contributed by atoms with van der Waals surface area (Å²) in [6.07, 6.45) is -5.66. The van der Waals surface area contributed by atoms with Crippen LogP contribution in [-0.2, 0) is 15.1 Å². The van der Waals surface area contributed by atoms with Gasteiger partial charge in [0.25, 0.3) is 0 Å². The van der Waals surface area contributed by atoms with Gasteiger partial charge in [-0.2, -0.15) is 13.2 Å². The summed E-state index contributed by atoms with van der Waals surface area (Å²) in [4.78, 5) is 4.90. The topological polar surface area (TPSA) is 51.0 Å². The quantitative estimate of drug-likeness (QED) is 0.541. The van der Waals surface area contributed by atoms with Crippen LogP contribution in [0.2, 0.25) is 0 Å². The molecule has 160 valence electrons. The Morgan fingerprint density at radius 3 is 2.60 bits per heavy atom. The fraction of sp³-hybridized carbons (Fsp3) is 0.421. The first-order valence-corrected chi connectivity index (χ1v) is 9.48. The van der Waals surface area contributed by atoms with E-state index in [1.165, 1.54) is 6.07 Å². The number of benzene rings is 1. The van der Waals surface area contributed by atoms with E-state index in [0.29, 0.717) is 22.7 Å². The highest BCUT2D eigenvalue weighted by Crippen LogP contribution is 2.51. The van der Waals surface area contributed by atoms with E-state index in [-0.39, 0.29) is 5.71 Å². The van der Waals surface area contributed by atoms with Crippen molar-refractivity contribution in [3.05, 3.63) is 52.1 Å². The molecule has 1 aromatic carbocycles. The van der Waals surface area contributed by atoms with Gasteiger partial charge in [-0.15, -0.1) is 0 Å². The molecule has 2 unspecified atom stereocenters. The van der Waals surface area contributed by atoms with Crippen LogP contribution in [0.5, 0.6) is 0 Å². The van der Waals surface area contributed by atoms with Crippen molar-refractivity contribution >= 4 is 29.9 Å². The SMILES string of the molecule is CC1(C)OB(O)c2ccc(C3=NOC(C4C=C(F)C(F)=C(Cl)C4)(C(F)(F)F)C3)cc21. The Hall–Kier alpha value is -1.91. The minimum Gasteiger partial charge on any atom is -0.423 e. The smallest absolute Gasteiger partial charge is 0.423 e. The maximum Gasteiger partial charge on any atom is 0.492 e. The molecule has 0 aromatic heterocycles. The third-order valence-corrected chi connectivity index (χ3v) is 6.05. The lowest BCUT2D eigenvalue weighted by Crippen LogP contribution is -2.51. The van der Waals surface area contributed by atoms with Gasteiger partial charge in [0.1, 0.15) is 0 Å². The van der Waals surface area contributed by atoms with Crippen LogP contribution in [0.4, 0.5) is 22.0 Å². The molecule has 0 radical (unpaired) electrons. The van der Waals surface area contributed by atoms with Gasteiger partial charge >= 0.3 is 13.3 Å². The molecule has 4 nitrogen and oxygen atoms in total. The molecule has 0 spiro atoms. The Morgan fingerprint density at radius 2 is 1.97 bits per heavy atom. The molecule has 0 fully saturated rings. The van der Waals surface area contributed by atoms with Gasteiger partial charge in [0.2, 0.25) is 5.60 Å². The van der Waals surface area contributed by atoms with Crippen molar-refractivity contribution < 1.29 is 36.5 Å². The molecular formula is C19H16BClF5NO3. The van der Waals surface area contributed by atoms with Crippen LogP contribution < -0.4 is 5.46 Å². The number of halogens is 6. The minimum absolute atomic E-state index is 0.00716. The van der Waals surface area contributed by atoms with E-state index < -0.39 is 59.9 Å². The molecule has 0 amide bonds. The summed E-state index contributed by atoms with van der Waals surface area (Å²) < 4.78 is 75.1. The maximum atomic E-state index is 14.1. The highest BCUT2D eigenvalue weighted by Gasteiger charge is 2.65. The first-order chi connectivity index (χ1) is 13.9. The van der Waals surface area contributed by atoms with Crippen molar-refractivity contribution in [2.24, 2.45) is 11.1 Å². The summed E-state index contributed by atoms with van der Waals surface area (Å²) >= 11 is 5.64. The van der Waals surface area contributed by atoms with Crippen LogP contribution in [0.3, 0.4) is 0 Å². The Labute approximate surface area is 174 Å². The molecule has 2 heterocycles. The number of hydrogen-bond acceptors (Lipinski definition) is 4. The number of nitrogens with zero attached hydrogens (tertiary/aromatic N) is 1. The van der Waals surface area contributed by atoms with Crippen LogP contribution in [0.25, 0.3) is 0 Å². The Morgan fingerprint density at radius 1 is 1.27 bits per heavy atom. The molecule has 11 heteroatoms. The number of alkyl halides is 3. The van der Waals surface area contributed by atoms with Gasteiger partial charge in [-0.1, -0.05) is 28.9 Å². The van der Waals surface area contributed by atoms with Gasteiger partial charge in [-0.25, -0.2) is 8.78 Å². The number of oxime groups is 1. The van der Waals surface area contributed by atoms with E-state index in [1.807, 2.05) is 0 Å². The molecule has 1 aromatic rings. The molecule has 4 rings (SSSR count). The largest absolute Gasteiger partial charge is 0.492 e. The summed E-state index contributed by atoms with van der Waals surface area (Å²) in [6, 6.07) is 4.64. The fourth-order valence-corrected chi connectivity index (χ4v) is 4.32. The molecule has 2 aliphatic heterocycles. The summed E-state index contributed by atoms with van der Waals surface area (Å²) in [5.74, 6) is -4.42. The molecular weight excluding hydrogens is 431 g/mol. The number of fused-ring (bicyclic) bond motifs is 1. The Balaban J connectivity index is 1.69. The van der Waals surface area contributed by atoms with Gasteiger partial charge in [0, 0.05) is 12.3 Å². The van der Waals surface area contributed by atoms with Crippen molar-refractivity contribution in [1.29, 1.82) is 0 Å². The van der Waals surface area contributed by atoms with Gasteiger partial charge in [-0.05, 0) is 49.0 Å². The van der Waals surface area contributed by atoms with Crippen molar-refractivity contribution in [2.45, 2.75) is 44.1 Å². The van der Waals surface area contributed by atoms with Crippen LogP contribution in [0, 0.1) is 5.92 Å². The zero-order valence-electron chi connectivity index (χ0n) is 15.9. The third kappa shape index (κ3) is 3.16. The highest BCUT2D eigenvalue weighted by molar-refractivity contribution is 6.62. The van der Waals surface area contributed by atoms with E-state index in [9.17, 15) is 27.0 Å². The molecule has 30 heavy (non-hydrogen) atoms. The Bertz CT molecular complexity index is 1010. The average molecular weight is 448 g/mol. The summed E-state index contributed by atoms with van der Waals surface area (Å²) in [5.41, 5.74) is -2.28. The lowest BCUT2D eigenvalue weighted by atomic mass is 9.76. The van der Waals surface area contributed by atoms with Crippen molar-refractivity contribution in [1.82, 2.24) is 0 Å². The predicted octanol–water partition coefficient (Wildman–Crippen LogP) is 4.36. The highest BCUT2D eigenvalue weighted by atomic mass is 35.5. The lowest BCUT2D eigenvalue weighted by Gasteiger charge is -2.36. The standard InChI is InChI=1S/C19H16BClF5NO3/c1-17(2)11-5-9(3-4-12(11)20(28)29-17)15-8-18(30-27-15,19(24,25)26)10-6-13(21)16(23)14(22)7-10/h3-5,7,10,28H,6,8H2,1-2H3. The lowest BCUT2D eigenvalue weighted by molar-refractivity contribution is -0.283. The summed E-state index contributed by atoms with van der Waals surface area (Å²) in [5, 5.41) is 13.0. The first kappa shape index (κ1) is 21.3. The van der Waals surface area contributed by atoms with E-state index in [0.717, 1.165) is 0 Å². The summed E-state index contributed by atoms with van der Waals surface area (Å²) in [7, 11) is -1.14. The van der Waals surface area contributed by atoms with Gasteiger partial charge in [0.05, 0.1) is 16.3 Å². The number of hydrogen-bond donors (Lipinski definition) is 1. The van der Waals surface area contributed by atoms with E-state index in [4.69, 9.17) is 21.1 Å². The van der Waals surface area contributed by atoms with Crippen LogP contribution in [0.1, 0.15) is 37.8 Å². The zero-order valence-corrected chi connectivity index (χ0v) is 16.6. The maximum absolute atomic E-state index is 14.1. The average Bonchev–Trinajstić information content (AvgIpc) is 3.20. The predicted molar refractivity (Wildman–Crippen MR) is 100 cm³/mol. The number of rotatable bonds is 2. The zero-order chi connectivity index (χ0) is 22.1. The second-order valence-corrected chi connectivity index (χ2v) is 8.48. The van der Waals surface area contributed by atoms with E-state index in [2.05, 4.69) is 5.16 Å². The molecule has 1 aliphatic carbocycles. The van der Waals surface area contributed by atoms with Gasteiger partial charge in [0.15, 0.2) is 11.7 Å². The summed E-state index contributed by atoms with van der Waals surface area (Å²) in [6.45, 7) is 3.44. The third-order valence-electron chi connectivity index (χ3n) is 5.73. The molecule has 0 saturated heterocycles. The van der Waals surface area contributed by atoms with Gasteiger partial charge in [-0.3, -0.25) is 0 Å². The Kier molecular flexibility index (Phi) is 4.83. The van der Waals surface area contributed by atoms with Crippen molar-refractivity contribution in [3.8, 4) is 0 Å². The molecule has 0 bridgehead atoms. The normalized spacial score (nSPS) is 28.3. The molecule has 2 atom stereocenters. The number of allylic oxidation sites excluding steroid dienone is 3. The van der Waals surface area contributed by atoms with Crippen LogP contribution in [0.15, 0.2) is 46.1 Å². The van der Waals surface area contributed by atoms with E-state index >= 15 is 0 Å².